The molecule has 5 N–H and O–H groups in total. The molecular formula is C22H25N5O. The molecule has 3 heterocycles. The van der Waals surface area contributed by atoms with Crippen molar-refractivity contribution in [2.75, 3.05) is 13.6 Å². The largest absolute Gasteiger partial charge is 0.402 e. The fourth-order valence-electron chi connectivity index (χ4n) is 3.68. The zero-order valence-corrected chi connectivity index (χ0v) is 16.2. The number of allylic oxidation sites excluding steroid dienone is 3. The summed E-state index contributed by atoms with van der Waals surface area (Å²) in [6.07, 6.45) is 6.21. The maximum absolute atomic E-state index is 12.7. The number of aromatic nitrogens is 2. The predicted octanol–water partition coefficient (Wildman–Crippen LogP) is 2.47. The normalized spacial score (nSPS) is 15.8. The van der Waals surface area contributed by atoms with E-state index in [-0.39, 0.29) is 5.56 Å². The van der Waals surface area contributed by atoms with Crippen LogP contribution in [-0.2, 0) is 13.0 Å². The van der Waals surface area contributed by atoms with Crippen molar-refractivity contribution in [1.82, 2.24) is 14.5 Å². The minimum atomic E-state index is -0.127. The zero-order valence-electron chi connectivity index (χ0n) is 16.2. The van der Waals surface area contributed by atoms with E-state index in [0.717, 1.165) is 30.7 Å². The van der Waals surface area contributed by atoms with Gasteiger partial charge in [-0.25, -0.2) is 0 Å². The van der Waals surface area contributed by atoms with Crippen molar-refractivity contribution in [2.24, 2.45) is 11.5 Å². The van der Waals surface area contributed by atoms with Gasteiger partial charge in [0.1, 0.15) is 0 Å². The average Bonchev–Trinajstić information content (AvgIpc) is 3.02. The lowest BCUT2D eigenvalue weighted by Gasteiger charge is -2.22. The summed E-state index contributed by atoms with van der Waals surface area (Å²) in [4.78, 5) is 18.5. The predicted molar refractivity (Wildman–Crippen MR) is 114 cm³/mol. The van der Waals surface area contributed by atoms with Gasteiger partial charge < -0.3 is 21.4 Å². The first kappa shape index (κ1) is 18.1. The molecule has 1 aliphatic heterocycles. The topological polar surface area (TPSA) is 93.1 Å². The average molecular weight is 375 g/mol. The Morgan fingerprint density at radius 1 is 1.18 bits per heavy atom. The fourth-order valence-corrected chi connectivity index (χ4v) is 3.68. The molecule has 1 aliphatic rings. The number of benzene rings is 1. The smallest absolute Gasteiger partial charge is 0.255 e. The molecule has 0 saturated heterocycles. The monoisotopic (exact) mass is 375 g/mol. The lowest BCUT2D eigenvalue weighted by molar-refractivity contribution is 0.313. The van der Waals surface area contributed by atoms with Crippen LogP contribution in [0.1, 0.15) is 23.7 Å². The van der Waals surface area contributed by atoms with Gasteiger partial charge in [-0.15, -0.1) is 0 Å². The lowest BCUT2D eigenvalue weighted by atomic mass is 10.0. The van der Waals surface area contributed by atoms with Gasteiger partial charge in [-0.1, -0.05) is 6.07 Å². The van der Waals surface area contributed by atoms with Gasteiger partial charge in [0, 0.05) is 65.3 Å². The highest BCUT2D eigenvalue weighted by atomic mass is 16.1. The first-order valence-electron chi connectivity index (χ1n) is 9.37. The summed E-state index contributed by atoms with van der Waals surface area (Å²) in [6.45, 7) is 3.79. The molecule has 144 valence electrons. The quantitative estimate of drug-likeness (QED) is 0.613. The molecule has 0 radical (unpaired) electrons. The van der Waals surface area contributed by atoms with Gasteiger partial charge in [0.25, 0.3) is 5.56 Å². The lowest BCUT2D eigenvalue weighted by Crippen LogP contribution is -2.25. The van der Waals surface area contributed by atoms with E-state index < -0.39 is 0 Å². The molecule has 0 unspecified atom stereocenters. The summed E-state index contributed by atoms with van der Waals surface area (Å²) in [5, 5.41) is 1.23. The second-order valence-corrected chi connectivity index (χ2v) is 7.46. The third-order valence-corrected chi connectivity index (χ3v) is 5.21. The van der Waals surface area contributed by atoms with Crippen molar-refractivity contribution in [3.05, 3.63) is 81.6 Å². The number of rotatable bonds is 3. The maximum atomic E-state index is 12.7. The fraction of sp³-hybridized carbons (Fsp3) is 0.227. The molecule has 6 heteroatoms. The number of hydrogen-bond donors (Lipinski definition) is 3. The van der Waals surface area contributed by atoms with Crippen molar-refractivity contribution in [3.8, 4) is 5.69 Å². The van der Waals surface area contributed by atoms with Gasteiger partial charge in [-0.05, 0) is 49.9 Å². The van der Waals surface area contributed by atoms with Crippen LogP contribution in [0.2, 0.25) is 0 Å². The Hall–Kier alpha value is -3.25. The first-order chi connectivity index (χ1) is 13.4. The van der Waals surface area contributed by atoms with Crippen molar-refractivity contribution >= 4 is 16.6 Å². The number of nitrogens with zero attached hydrogens (tertiary/aromatic N) is 2. The van der Waals surface area contributed by atoms with Crippen molar-refractivity contribution in [3.63, 3.8) is 0 Å². The zero-order chi connectivity index (χ0) is 19.8. The van der Waals surface area contributed by atoms with E-state index >= 15 is 0 Å². The van der Waals surface area contributed by atoms with Crippen LogP contribution in [0.15, 0.2) is 59.2 Å². The molecule has 0 fully saturated rings. The highest BCUT2D eigenvalue weighted by Crippen LogP contribution is 2.28. The standard InChI is InChI=1S/C22H25N5O/c1-14(23)3-6-19(24)15-7-10-27(22(28)11-15)16-4-5-17-18-13-26(2)9-8-20(18)25-21(17)12-16/h3-7,10-12,25H,8-9,13,23-24H2,1-2H3/b14-3-,19-6-. The first-order valence-corrected chi connectivity index (χ1v) is 9.37. The molecule has 0 amide bonds. The molecule has 0 atom stereocenters. The van der Waals surface area contributed by atoms with Crippen LogP contribution in [0.25, 0.3) is 22.3 Å². The molecule has 3 aromatic rings. The Balaban J connectivity index is 1.71. The SMILES string of the molecule is C/C(N)=C/C=C(\N)c1ccn(-c2ccc3c4c([nH]c3c2)CCN(C)C4)c(=O)c1. The Morgan fingerprint density at radius 2 is 2.00 bits per heavy atom. The van der Waals surface area contributed by atoms with Crippen LogP contribution in [0, 0.1) is 0 Å². The Labute approximate surface area is 163 Å². The second kappa shape index (κ2) is 7.05. The maximum Gasteiger partial charge on any atom is 0.255 e. The molecule has 4 rings (SSSR count). The number of pyridine rings is 1. The van der Waals surface area contributed by atoms with Crippen molar-refractivity contribution < 1.29 is 0 Å². The van der Waals surface area contributed by atoms with E-state index in [2.05, 4.69) is 23.0 Å². The van der Waals surface area contributed by atoms with Gasteiger partial charge in [0.15, 0.2) is 0 Å². The number of likely N-dealkylation sites (N-methyl/N-ethyl adjacent to an activating group) is 1. The summed E-state index contributed by atoms with van der Waals surface area (Å²) >= 11 is 0. The molecule has 0 spiro atoms. The highest BCUT2D eigenvalue weighted by Gasteiger charge is 2.18. The number of nitrogens with two attached hydrogens (primary N) is 2. The Kier molecular flexibility index (Phi) is 4.57. The molecule has 0 bridgehead atoms. The summed E-state index contributed by atoms with van der Waals surface area (Å²) in [5.74, 6) is 0. The minimum absolute atomic E-state index is 0.127. The van der Waals surface area contributed by atoms with E-state index in [4.69, 9.17) is 11.5 Å². The van der Waals surface area contributed by atoms with Gasteiger partial charge in [-0.2, -0.15) is 0 Å². The molecule has 6 nitrogen and oxygen atoms in total. The van der Waals surface area contributed by atoms with Gasteiger partial charge in [0.2, 0.25) is 0 Å². The van der Waals surface area contributed by atoms with Gasteiger partial charge >= 0.3 is 0 Å². The third-order valence-electron chi connectivity index (χ3n) is 5.21. The Bertz CT molecular complexity index is 1160. The van der Waals surface area contributed by atoms with Crippen molar-refractivity contribution in [2.45, 2.75) is 19.9 Å². The van der Waals surface area contributed by atoms with E-state index in [9.17, 15) is 4.79 Å². The summed E-state index contributed by atoms with van der Waals surface area (Å²) in [6, 6.07) is 9.51. The molecule has 2 aromatic heterocycles. The van der Waals surface area contributed by atoms with Crippen molar-refractivity contribution in [1.29, 1.82) is 0 Å². The van der Waals surface area contributed by atoms with Gasteiger partial charge in [0.05, 0.1) is 5.69 Å². The van der Waals surface area contributed by atoms with Gasteiger partial charge in [-0.3, -0.25) is 9.36 Å². The molecular weight excluding hydrogens is 350 g/mol. The number of fused-ring (bicyclic) bond motifs is 3. The Morgan fingerprint density at radius 3 is 2.75 bits per heavy atom. The summed E-state index contributed by atoms with van der Waals surface area (Å²) < 4.78 is 1.63. The number of nitrogens with one attached hydrogen (secondary N) is 1. The van der Waals surface area contributed by atoms with Crippen LogP contribution >= 0.6 is 0 Å². The third kappa shape index (κ3) is 3.34. The number of H-pyrrole nitrogens is 1. The van der Waals surface area contributed by atoms with Crippen LogP contribution in [0.4, 0.5) is 0 Å². The van der Waals surface area contributed by atoms with E-state index in [1.807, 2.05) is 18.2 Å². The number of aromatic amines is 1. The summed E-state index contributed by atoms with van der Waals surface area (Å²) in [7, 11) is 2.14. The van der Waals surface area contributed by atoms with E-state index in [0.29, 0.717) is 17.0 Å². The number of hydrogen-bond acceptors (Lipinski definition) is 4. The van der Waals surface area contributed by atoms with E-state index in [1.54, 1.807) is 35.9 Å². The van der Waals surface area contributed by atoms with Crippen LogP contribution in [0.5, 0.6) is 0 Å². The molecule has 0 saturated carbocycles. The highest BCUT2D eigenvalue weighted by molar-refractivity contribution is 5.86. The molecule has 28 heavy (non-hydrogen) atoms. The second-order valence-electron chi connectivity index (χ2n) is 7.46. The van der Waals surface area contributed by atoms with Crippen LogP contribution in [0.3, 0.4) is 0 Å². The molecule has 1 aromatic carbocycles. The van der Waals surface area contributed by atoms with Crippen LogP contribution < -0.4 is 17.0 Å². The van der Waals surface area contributed by atoms with Crippen LogP contribution in [-0.4, -0.2) is 28.0 Å². The molecule has 0 aliphatic carbocycles. The minimum Gasteiger partial charge on any atom is -0.402 e. The van der Waals surface area contributed by atoms with E-state index in [1.165, 1.54) is 16.6 Å². The summed E-state index contributed by atoms with van der Waals surface area (Å²) in [5.41, 5.74) is 17.9.